The first-order chi connectivity index (χ1) is 8.88. The second-order valence-corrected chi connectivity index (χ2v) is 5.47. The monoisotopic (exact) mass is 289 g/mol. The zero-order valence-corrected chi connectivity index (χ0v) is 11.4. The van der Waals surface area contributed by atoms with Gasteiger partial charge >= 0.3 is 5.97 Å². The summed E-state index contributed by atoms with van der Waals surface area (Å²) < 4.78 is 34.7. The first-order valence-electron chi connectivity index (χ1n) is 5.32. The van der Waals surface area contributed by atoms with Crippen LogP contribution in [0.15, 0.2) is 18.2 Å². The van der Waals surface area contributed by atoms with Gasteiger partial charge in [-0.15, -0.1) is 0 Å². The van der Waals surface area contributed by atoms with Gasteiger partial charge in [0.1, 0.15) is 11.5 Å². The lowest BCUT2D eigenvalue weighted by molar-refractivity contribution is -0.140. The Balaban J connectivity index is 2.75. The van der Waals surface area contributed by atoms with E-state index >= 15 is 0 Å². The van der Waals surface area contributed by atoms with E-state index in [4.69, 9.17) is 4.74 Å². The maximum absolute atomic E-state index is 11.7. The summed E-state index contributed by atoms with van der Waals surface area (Å²) >= 11 is 0. The Hall–Kier alpha value is -1.96. The van der Waals surface area contributed by atoms with E-state index in [-0.39, 0.29) is 17.9 Å². The van der Waals surface area contributed by atoms with Gasteiger partial charge in [-0.3, -0.25) is 9.52 Å². The average molecular weight is 289 g/mol. The molecule has 0 aromatic heterocycles. The molecular weight excluding hydrogens is 274 g/mol. The van der Waals surface area contributed by atoms with Crippen LogP contribution in [-0.4, -0.2) is 39.5 Å². The second-order valence-electron chi connectivity index (χ2n) is 3.63. The molecule has 8 heteroatoms. The molecule has 1 aromatic rings. The molecule has 0 unspecified atom stereocenters. The minimum Gasteiger partial charge on any atom is -0.506 e. The molecule has 0 amide bonds. The first kappa shape index (κ1) is 15.1. The molecule has 0 aliphatic rings. The summed E-state index contributed by atoms with van der Waals surface area (Å²) in [4.78, 5) is 10.9. The molecule has 7 nitrogen and oxygen atoms in total. The van der Waals surface area contributed by atoms with Gasteiger partial charge in [0.05, 0.1) is 32.1 Å². The summed E-state index contributed by atoms with van der Waals surface area (Å²) in [5, 5.41) is 9.61. The molecule has 0 bridgehead atoms. The molecule has 0 radical (unpaired) electrons. The van der Waals surface area contributed by atoms with Crippen LogP contribution in [0.25, 0.3) is 0 Å². The zero-order chi connectivity index (χ0) is 14.5. The van der Waals surface area contributed by atoms with Crippen LogP contribution in [0.1, 0.15) is 6.42 Å². The number of hydrogen-bond donors (Lipinski definition) is 2. The van der Waals surface area contributed by atoms with Gasteiger partial charge in [-0.2, -0.15) is 0 Å². The Bertz CT molecular complexity index is 554. The highest BCUT2D eigenvalue weighted by Gasteiger charge is 2.15. The van der Waals surface area contributed by atoms with E-state index < -0.39 is 21.7 Å². The molecular formula is C11H15NO6S. The third kappa shape index (κ3) is 4.66. The largest absolute Gasteiger partial charge is 0.506 e. The van der Waals surface area contributed by atoms with Crippen molar-refractivity contribution in [2.75, 3.05) is 24.7 Å². The van der Waals surface area contributed by atoms with Gasteiger partial charge in [0.25, 0.3) is 0 Å². The van der Waals surface area contributed by atoms with Crippen LogP contribution in [0.5, 0.6) is 11.5 Å². The van der Waals surface area contributed by atoms with E-state index in [0.717, 1.165) is 0 Å². The number of carbonyl (C=O) groups excluding carboxylic acids is 1. The molecule has 1 aromatic carbocycles. The van der Waals surface area contributed by atoms with Crippen LogP contribution in [0, 0.1) is 0 Å². The fraction of sp³-hybridized carbons (Fsp3) is 0.364. The molecule has 0 aliphatic carbocycles. The third-order valence-electron chi connectivity index (χ3n) is 2.27. The molecule has 19 heavy (non-hydrogen) atoms. The average Bonchev–Trinajstić information content (AvgIpc) is 2.38. The van der Waals surface area contributed by atoms with Gasteiger partial charge in [0.2, 0.25) is 10.0 Å². The molecule has 1 rings (SSSR count). The maximum atomic E-state index is 11.7. The summed E-state index contributed by atoms with van der Waals surface area (Å²) in [6.07, 6.45) is -0.261. The number of sulfonamides is 1. The molecule has 0 saturated carbocycles. The molecule has 0 fully saturated rings. The van der Waals surface area contributed by atoms with Crippen molar-refractivity contribution in [3.05, 3.63) is 18.2 Å². The van der Waals surface area contributed by atoms with Crippen molar-refractivity contribution in [1.29, 1.82) is 0 Å². The molecule has 0 saturated heterocycles. The van der Waals surface area contributed by atoms with Crippen LogP contribution < -0.4 is 9.46 Å². The number of phenolic OH excluding ortho intramolecular Hbond substituents is 1. The van der Waals surface area contributed by atoms with Gasteiger partial charge < -0.3 is 14.6 Å². The minimum atomic E-state index is -3.73. The fourth-order valence-corrected chi connectivity index (χ4v) is 2.31. The van der Waals surface area contributed by atoms with E-state index in [0.29, 0.717) is 5.75 Å². The molecule has 2 N–H and O–H groups in total. The lowest BCUT2D eigenvalue weighted by Crippen LogP contribution is -2.19. The summed E-state index contributed by atoms with van der Waals surface area (Å²) in [6.45, 7) is 0. The Labute approximate surface area is 111 Å². The predicted molar refractivity (Wildman–Crippen MR) is 68.7 cm³/mol. The van der Waals surface area contributed by atoms with E-state index in [1.807, 2.05) is 0 Å². The molecule has 0 atom stereocenters. The van der Waals surface area contributed by atoms with Crippen molar-refractivity contribution in [3.63, 3.8) is 0 Å². The van der Waals surface area contributed by atoms with E-state index in [1.54, 1.807) is 0 Å². The van der Waals surface area contributed by atoms with Crippen LogP contribution in [-0.2, 0) is 19.6 Å². The van der Waals surface area contributed by atoms with Gasteiger partial charge in [0.15, 0.2) is 0 Å². The number of rotatable bonds is 6. The molecule has 0 heterocycles. The number of esters is 1. The van der Waals surface area contributed by atoms with E-state index in [1.165, 1.54) is 32.4 Å². The zero-order valence-electron chi connectivity index (χ0n) is 10.5. The fourth-order valence-electron chi connectivity index (χ4n) is 1.26. The summed E-state index contributed by atoms with van der Waals surface area (Å²) in [5.74, 6) is -0.911. The van der Waals surface area contributed by atoms with Crippen molar-refractivity contribution in [3.8, 4) is 11.5 Å². The van der Waals surface area contributed by atoms with Gasteiger partial charge in [-0.1, -0.05) is 0 Å². The predicted octanol–water partition coefficient (Wildman–Crippen LogP) is 0.706. The lowest BCUT2D eigenvalue weighted by Gasteiger charge is -2.10. The number of benzene rings is 1. The lowest BCUT2D eigenvalue weighted by atomic mass is 10.3. The van der Waals surface area contributed by atoms with Crippen molar-refractivity contribution >= 4 is 21.7 Å². The highest BCUT2D eigenvalue weighted by Crippen LogP contribution is 2.28. The van der Waals surface area contributed by atoms with Gasteiger partial charge in [-0.05, 0) is 12.1 Å². The summed E-state index contributed by atoms with van der Waals surface area (Å²) in [6, 6.07) is 4.14. The summed E-state index contributed by atoms with van der Waals surface area (Å²) in [5.41, 5.74) is 0.0191. The Kier molecular flexibility index (Phi) is 4.99. The molecule has 0 spiro atoms. The minimum absolute atomic E-state index is 0.0191. The Morgan fingerprint density at radius 1 is 1.37 bits per heavy atom. The van der Waals surface area contributed by atoms with Crippen molar-refractivity contribution in [1.82, 2.24) is 0 Å². The van der Waals surface area contributed by atoms with Gasteiger partial charge in [-0.25, -0.2) is 8.42 Å². The molecule has 106 valence electrons. The number of aromatic hydroxyl groups is 1. The van der Waals surface area contributed by atoms with Crippen LogP contribution in [0.2, 0.25) is 0 Å². The van der Waals surface area contributed by atoms with Gasteiger partial charge in [0, 0.05) is 6.07 Å². The van der Waals surface area contributed by atoms with Crippen LogP contribution in [0.4, 0.5) is 5.69 Å². The number of carbonyl (C=O) groups is 1. The first-order valence-corrected chi connectivity index (χ1v) is 6.97. The number of hydrogen-bond acceptors (Lipinski definition) is 6. The number of phenols is 1. The number of nitrogens with one attached hydrogen (secondary N) is 1. The van der Waals surface area contributed by atoms with Crippen molar-refractivity contribution in [2.24, 2.45) is 0 Å². The van der Waals surface area contributed by atoms with Crippen LogP contribution >= 0.6 is 0 Å². The third-order valence-corrected chi connectivity index (χ3v) is 3.55. The topological polar surface area (TPSA) is 102 Å². The van der Waals surface area contributed by atoms with E-state index in [2.05, 4.69) is 9.46 Å². The number of methoxy groups -OCH3 is 2. The SMILES string of the molecule is COC(=O)CCS(=O)(=O)Nc1ccc(OC)cc1O. The highest BCUT2D eigenvalue weighted by molar-refractivity contribution is 7.92. The van der Waals surface area contributed by atoms with Crippen molar-refractivity contribution in [2.45, 2.75) is 6.42 Å². The normalized spacial score (nSPS) is 10.8. The van der Waals surface area contributed by atoms with E-state index in [9.17, 15) is 18.3 Å². The Morgan fingerprint density at radius 2 is 2.05 bits per heavy atom. The van der Waals surface area contributed by atoms with Crippen molar-refractivity contribution < 1.29 is 27.8 Å². The standard InChI is InChI=1S/C11H15NO6S/c1-17-8-3-4-9(10(13)7-8)12-19(15,16)6-5-11(14)18-2/h3-4,7,12-13H,5-6H2,1-2H3. The molecule has 0 aliphatic heterocycles. The smallest absolute Gasteiger partial charge is 0.306 e. The second kappa shape index (κ2) is 6.28. The van der Waals surface area contributed by atoms with Crippen LogP contribution in [0.3, 0.4) is 0 Å². The quantitative estimate of drug-likeness (QED) is 0.590. The number of ether oxygens (including phenoxy) is 2. The maximum Gasteiger partial charge on any atom is 0.306 e. The summed E-state index contributed by atoms with van der Waals surface area (Å²) in [7, 11) is -1.13. The number of anilines is 1. The highest BCUT2D eigenvalue weighted by atomic mass is 32.2. The Morgan fingerprint density at radius 3 is 2.58 bits per heavy atom.